The molecule has 0 aliphatic heterocycles. The first-order valence-corrected chi connectivity index (χ1v) is 10.9. The van der Waals surface area contributed by atoms with E-state index >= 15 is 0 Å². The molecule has 1 N–H and O–H groups in total. The number of hydrogen-bond acceptors (Lipinski definition) is 1. The number of rotatable bonds is 4. The summed E-state index contributed by atoms with van der Waals surface area (Å²) >= 11 is 5.60. The summed E-state index contributed by atoms with van der Waals surface area (Å²) in [5.41, 5.74) is 3.24. The molecule has 0 radical (unpaired) electrons. The van der Waals surface area contributed by atoms with Gasteiger partial charge >= 0.3 is 0 Å². The average Bonchev–Trinajstić information content (AvgIpc) is 3.42. The molecule has 28 heavy (non-hydrogen) atoms. The molecule has 2 aromatic rings. The summed E-state index contributed by atoms with van der Waals surface area (Å²) in [6.07, 6.45) is 9.85. The van der Waals surface area contributed by atoms with E-state index in [1.54, 1.807) is 18.2 Å². The summed E-state index contributed by atoms with van der Waals surface area (Å²) < 4.78 is 26.8. The van der Waals surface area contributed by atoms with Crippen LogP contribution in [0.25, 0.3) is 0 Å². The van der Waals surface area contributed by atoms with E-state index in [1.165, 1.54) is 51.4 Å². The fourth-order valence-electron chi connectivity index (χ4n) is 4.39. The summed E-state index contributed by atoms with van der Waals surface area (Å²) in [5, 5.41) is 8.83. The SMILES string of the molecule is Fc1cc(C2CCCC2)ccc1CCl.OCc1ccc(C2CCCC2)cc1F. The van der Waals surface area contributed by atoms with Gasteiger partial charge in [0.25, 0.3) is 0 Å². The maximum absolute atomic E-state index is 13.4. The smallest absolute Gasteiger partial charge is 0.128 e. The van der Waals surface area contributed by atoms with Crippen LogP contribution in [0.15, 0.2) is 36.4 Å². The Morgan fingerprint density at radius 3 is 1.54 bits per heavy atom. The molecule has 0 heterocycles. The largest absolute Gasteiger partial charge is 0.392 e. The Hall–Kier alpha value is -1.45. The van der Waals surface area contributed by atoms with Crippen molar-refractivity contribution in [2.24, 2.45) is 0 Å². The van der Waals surface area contributed by atoms with E-state index in [4.69, 9.17) is 16.7 Å². The van der Waals surface area contributed by atoms with Gasteiger partial charge in [-0.25, -0.2) is 8.78 Å². The number of aliphatic hydroxyl groups excluding tert-OH is 1. The van der Waals surface area contributed by atoms with Crippen molar-refractivity contribution in [2.45, 2.75) is 75.7 Å². The van der Waals surface area contributed by atoms with Gasteiger partial charge in [0.1, 0.15) is 11.6 Å². The van der Waals surface area contributed by atoms with Crippen LogP contribution in [0, 0.1) is 11.6 Å². The van der Waals surface area contributed by atoms with Crippen LogP contribution in [0.3, 0.4) is 0 Å². The molecule has 1 nitrogen and oxygen atoms in total. The van der Waals surface area contributed by atoms with Gasteiger partial charge in [0.2, 0.25) is 0 Å². The molecule has 2 aromatic carbocycles. The normalized spacial score (nSPS) is 17.6. The molecule has 2 aliphatic rings. The molecular formula is C24H29ClF2O. The lowest BCUT2D eigenvalue weighted by molar-refractivity contribution is 0.275. The highest BCUT2D eigenvalue weighted by atomic mass is 35.5. The van der Waals surface area contributed by atoms with Crippen LogP contribution in [0.2, 0.25) is 0 Å². The minimum atomic E-state index is -0.267. The molecule has 152 valence electrons. The average molecular weight is 407 g/mol. The van der Waals surface area contributed by atoms with Gasteiger partial charge in [0, 0.05) is 11.1 Å². The summed E-state index contributed by atoms with van der Waals surface area (Å²) in [7, 11) is 0. The first-order valence-electron chi connectivity index (χ1n) is 10.4. The summed E-state index contributed by atoms with van der Waals surface area (Å²) in [5.74, 6) is 0.962. The van der Waals surface area contributed by atoms with Crippen molar-refractivity contribution in [3.63, 3.8) is 0 Å². The highest BCUT2D eigenvalue weighted by Crippen LogP contribution is 2.35. The first kappa shape index (κ1) is 21.3. The molecule has 4 heteroatoms. The van der Waals surface area contributed by atoms with E-state index in [-0.39, 0.29) is 24.1 Å². The van der Waals surface area contributed by atoms with Crippen molar-refractivity contribution in [1.29, 1.82) is 0 Å². The van der Waals surface area contributed by atoms with E-state index in [2.05, 4.69) is 0 Å². The number of hydrogen-bond donors (Lipinski definition) is 1. The Kier molecular flexibility index (Phi) is 7.87. The van der Waals surface area contributed by atoms with Gasteiger partial charge in [-0.1, -0.05) is 49.9 Å². The van der Waals surface area contributed by atoms with Crippen molar-refractivity contribution in [3.8, 4) is 0 Å². The molecule has 0 atom stereocenters. The van der Waals surface area contributed by atoms with Crippen LogP contribution in [0.1, 0.15) is 85.5 Å². The molecule has 2 aliphatic carbocycles. The molecule has 0 saturated heterocycles. The zero-order chi connectivity index (χ0) is 19.9. The highest BCUT2D eigenvalue weighted by Gasteiger charge is 2.18. The number of alkyl halides is 1. The maximum Gasteiger partial charge on any atom is 0.128 e. The second kappa shape index (κ2) is 10.4. The topological polar surface area (TPSA) is 20.2 Å². The second-order valence-corrected chi connectivity index (χ2v) is 8.22. The van der Waals surface area contributed by atoms with E-state index in [1.807, 2.05) is 18.2 Å². The molecule has 0 amide bonds. The van der Waals surface area contributed by atoms with Crippen LogP contribution in [0.5, 0.6) is 0 Å². The van der Waals surface area contributed by atoms with Gasteiger partial charge in [-0.3, -0.25) is 0 Å². The Balaban J connectivity index is 0.000000161. The Morgan fingerprint density at radius 1 is 0.750 bits per heavy atom. The third-order valence-electron chi connectivity index (χ3n) is 6.12. The molecule has 0 unspecified atom stereocenters. The van der Waals surface area contributed by atoms with Gasteiger partial charge < -0.3 is 5.11 Å². The van der Waals surface area contributed by atoms with E-state index in [0.29, 0.717) is 23.0 Å². The lowest BCUT2D eigenvalue weighted by Gasteiger charge is -2.10. The minimum Gasteiger partial charge on any atom is -0.392 e. The van der Waals surface area contributed by atoms with Crippen molar-refractivity contribution in [3.05, 3.63) is 70.3 Å². The second-order valence-electron chi connectivity index (χ2n) is 7.96. The van der Waals surface area contributed by atoms with Gasteiger partial charge in [-0.15, -0.1) is 11.6 Å². The predicted molar refractivity (Wildman–Crippen MR) is 111 cm³/mol. The van der Waals surface area contributed by atoms with Gasteiger partial charge in [0.15, 0.2) is 0 Å². The Bertz CT molecular complexity index is 700. The summed E-state index contributed by atoms with van der Waals surface area (Å²) in [6.45, 7) is -0.212. The van der Waals surface area contributed by atoms with E-state index in [0.717, 1.165) is 11.1 Å². The van der Waals surface area contributed by atoms with Crippen molar-refractivity contribution >= 4 is 11.6 Å². The molecule has 0 aromatic heterocycles. The molecule has 0 spiro atoms. The quantitative estimate of drug-likeness (QED) is 0.532. The molecule has 4 rings (SSSR count). The molecular weight excluding hydrogens is 378 g/mol. The van der Waals surface area contributed by atoms with Crippen molar-refractivity contribution in [2.75, 3.05) is 0 Å². The predicted octanol–water partition coefficient (Wildman–Crippen LogP) is 7.20. The van der Waals surface area contributed by atoms with Crippen LogP contribution in [-0.4, -0.2) is 5.11 Å². The standard InChI is InChI=1S/C12H14ClF.C12H15FO/c13-8-11-6-5-10(7-12(11)14)9-3-1-2-4-9;13-12-7-10(5-6-11(12)8-14)9-3-1-2-4-9/h5-7,9H,1-4,8H2;5-7,9,14H,1-4,8H2. The number of benzene rings is 2. The molecule has 2 fully saturated rings. The van der Waals surface area contributed by atoms with Crippen LogP contribution >= 0.6 is 11.6 Å². The lowest BCUT2D eigenvalue weighted by atomic mass is 9.96. The highest BCUT2D eigenvalue weighted by molar-refractivity contribution is 6.17. The summed E-state index contributed by atoms with van der Waals surface area (Å²) in [4.78, 5) is 0. The van der Waals surface area contributed by atoms with Gasteiger partial charge in [-0.2, -0.15) is 0 Å². The zero-order valence-corrected chi connectivity index (χ0v) is 17.0. The monoisotopic (exact) mass is 406 g/mol. The van der Waals surface area contributed by atoms with Crippen LogP contribution in [0.4, 0.5) is 8.78 Å². The molecule has 2 saturated carbocycles. The Labute approximate surface area is 171 Å². The lowest BCUT2D eigenvalue weighted by Crippen LogP contribution is -1.96. The van der Waals surface area contributed by atoms with Gasteiger partial charge in [-0.05, 0) is 60.8 Å². The third kappa shape index (κ3) is 5.33. The fraction of sp³-hybridized carbons (Fsp3) is 0.500. The fourth-order valence-corrected chi connectivity index (χ4v) is 4.61. The minimum absolute atomic E-state index is 0.149. The van der Waals surface area contributed by atoms with Crippen molar-refractivity contribution in [1.82, 2.24) is 0 Å². The first-order chi connectivity index (χ1) is 13.6. The van der Waals surface area contributed by atoms with Crippen molar-refractivity contribution < 1.29 is 13.9 Å². The van der Waals surface area contributed by atoms with E-state index < -0.39 is 0 Å². The maximum atomic E-state index is 13.4. The van der Waals surface area contributed by atoms with E-state index in [9.17, 15) is 8.78 Å². The Morgan fingerprint density at radius 2 is 1.18 bits per heavy atom. The third-order valence-corrected chi connectivity index (χ3v) is 6.41. The van der Waals surface area contributed by atoms with Crippen LogP contribution in [-0.2, 0) is 12.5 Å². The summed E-state index contributed by atoms with van der Waals surface area (Å²) in [6, 6.07) is 10.7. The van der Waals surface area contributed by atoms with Gasteiger partial charge in [0.05, 0.1) is 12.5 Å². The zero-order valence-electron chi connectivity index (χ0n) is 16.3. The molecule has 0 bridgehead atoms. The number of aliphatic hydroxyl groups is 1. The number of halogens is 3. The van der Waals surface area contributed by atoms with Crippen LogP contribution < -0.4 is 0 Å².